The van der Waals surface area contributed by atoms with Gasteiger partial charge < -0.3 is 10.3 Å². The highest BCUT2D eigenvalue weighted by Gasteiger charge is 2.01. The molecule has 0 bridgehead atoms. The first-order valence-corrected chi connectivity index (χ1v) is 5.15. The Kier molecular flexibility index (Phi) is 5.78. The summed E-state index contributed by atoms with van der Waals surface area (Å²) >= 11 is 0. The van der Waals surface area contributed by atoms with Gasteiger partial charge in [0, 0.05) is 13.0 Å². The summed E-state index contributed by atoms with van der Waals surface area (Å²) in [6, 6.07) is 9.85. The zero-order chi connectivity index (χ0) is 11.6. The third kappa shape index (κ3) is 5.20. The smallest absolute Gasteiger partial charge is 0.323 e. The summed E-state index contributed by atoms with van der Waals surface area (Å²) in [5, 5.41) is 0. The van der Waals surface area contributed by atoms with Crippen molar-refractivity contribution in [1.29, 1.82) is 0 Å². The van der Waals surface area contributed by atoms with Gasteiger partial charge in [0.25, 0.3) is 0 Å². The first-order chi connectivity index (χ1) is 7.83. The molecular formula is C12H14N2O2. The van der Waals surface area contributed by atoms with Gasteiger partial charge in [0.2, 0.25) is 5.78 Å². The minimum atomic E-state index is -0.189. The van der Waals surface area contributed by atoms with E-state index < -0.39 is 0 Å². The number of hydrogen-bond acceptors (Lipinski definition) is 2. The van der Waals surface area contributed by atoms with Crippen LogP contribution in [0.25, 0.3) is 5.53 Å². The molecule has 1 rings (SSSR count). The van der Waals surface area contributed by atoms with Crippen LogP contribution in [-0.4, -0.2) is 23.4 Å². The van der Waals surface area contributed by atoms with Gasteiger partial charge in [0.15, 0.2) is 0 Å². The molecule has 1 aromatic carbocycles. The highest BCUT2D eigenvalue weighted by Crippen LogP contribution is 2.01. The Morgan fingerprint density at radius 1 is 1.38 bits per heavy atom. The molecule has 84 valence electrons. The van der Waals surface area contributed by atoms with Crippen LogP contribution in [0.15, 0.2) is 30.3 Å². The Morgan fingerprint density at radius 3 is 2.81 bits per heavy atom. The molecule has 0 saturated carbocycles. The van der Waals surface area contributed by atoms with E-state index in [2.05, 4.69) is 4.79 Å². The van der Waals surface area contributed by atoms with Crippen LogP contribution in [0.5, 0.6) is 0 Å². The van der Waals surface area contributed by atoms with Gasteiger partial charge in [-0.05, 0) is 12.0 Å². The second-order valence-electron chi connectivity index (χ2n) is 3.35. The van der Waals surface area contributed by atoms with Gasteiger partial charge in [-0.1, -0.05) is 30.3 Å². The van der Waals surface area contributed by atoms with E-state index in [0.29, 0.717) is 26.1 Å². The van der Waals surface area contributed by atoms with Crippen molar-refractivity contribution in [3.8, 4) is 0 Å². The molecule has 1 aromatic rings. The fourth-order valence-corrected chi connectivity index (χ4v) is 1.24. The molecule has 0 unspecified atom stereocenters. The molecule has 4 nitrogen and oxygen atoms in total. The molecule has 0 atom stereocenters. The van der Waals surface area contributed by atoms with E-state index in [1.165, 1.54) is 0 Å². The second-order valence-corrected chi connectivity index (χ2v) is 3.35. The fraction of sp³-hybridized carbons (Fsp3) is 0.333. The van der Waals surface area contributed by atoms with E-state index in [-0.39, 0.29) is 5.78 Å². The molecule has 0 radical (unpaired) electrons. The van der Waals surface area contributed by atoms with Gasteiger partial charge >= 0.3 is 6.21 Å². The third-order valence-corrected chi connectivity index (χ3v) is 2.03. The molecular weight excluding hydrogens is 204 g/mol. The second kappa shape index (κ2) is 7.51. The molecule has 0 aliphatic heterocycles. The Hall–Kier alpha value is -1.77. The maximum Gasteiger partial charge on any atom is 0.323 e. The van der Waals surface area contributed by atoms with Gasteiger partial charge in [-0.15, -0.1) is 0 Å². The van der Waals surface area contributed by atoms with Crippen molar-refractivity contribution in [2.45, 2.75) is 19.4 Å². The Labute approximate surface area is 94.5 Å². The minimum absolute atomic E-state index is 0.189. The molecule has 0 heterocycles. The van der Waals surface area contributed by atoms with E-state index in [0.717, 1.165) is 11.8 Å². The lowest BCUT2D eigenvalue weighted by molar-refractivity contribution is -0.116. The first-order valence-electron chi connectivity index (χ1n) is 5.15. The van der Waals surface area contributed by atoms with Crippen LogP contribution in [0.4, 0.5) is 0 Å². The van der Waals surface area contributed by atoms with Crippen LogP contribution in [0.1, 0.15) is 18.4 Å². The summed E-state index contributed by atoms with van der Waals surface area (Å²) in [5.74, 6) is -0.189. The Balaban J connectivity index is 2.09. The van der Waals surface area contributed by atoms with E-state index in [4.69, 9.17) is 10.3 Å². The molecule has 0 saturated heterocycles. The van der Waals surface area contributed by atoms with Crippen LogP contribution in [0, 0.1) is 0 Å². The predicted molar refractivity (Wildman–Crippen MR) is 60.0 cm³/mol. The lowest BCUT2D eigenvalue weighted by Crippen LogP contribution is -2.03. The molecule has 0 spiro atoms. The highest BCUT2D eigenvalue weighted by molar-refractivity contribution is 6.25. The van der Waals surface area contributed by atoms with Crippen LogP contribution >= 0.6 is 0 Å². The van der Waals surface area contributed by atoms with E-state index in [1.54, 1.807) is 0 Å². The van der Waals surface area contributed by atoms with Gasteiger partial charge in [0.1, 0.15) is 0 Å². The molecule has 4 heteroatoms. The summed E-state index contributed by atoms with van der Waals surface area (Å²) in [6.07, 6.45) is 1.90. The van der Waals surface area contributed by atoms with Gasteiger partial charge in [-0.25, -0.2) is 0 Å². The van der Waals surface area contributed by atoms with Crippen LogP contribution in [-0.2, 0) is 16.1 Å². The number of carbonyl (C=O) groups is 1. The molecule has 0 aliphatic carbocycles. The lowest BCUT2D eigenvalue weighted by Gasteiger charge is -2.02. The SMILES string of the molecule is [N-]=[N+]=CC(=O)CCCOCc1ccccc1. The zero-order valence-electron chi connectivity index (χ0n) is 9.00. The molecule has 0 aliphatic rings. The first kappa shape index (κ1) is 12.3. The summed E-state index contributed by atoms with van der Waals surface area (Å²) in [7, 11) is 0. The van der Waals surface area contributed by atoms with E-state index >= 15 is 0 Å². The number of rotatable bonds is 7. The molecule has 16 heavy (non-hydrogen) atoms. The zero-order valence-corrected chi connectivity index (χ0v) is 9.00. The van der Waals surface area contributed by atoms with Crippen LogP contribution in [0.2, 0.25) is 0 Å². The lowest BCUT2D eigenvalue weighted by atomic mass is 10.2. The third-order valence-electron chi connectivity index (χ3n) is 2.03. The van der Waals surface area contributed by atoms with E-state index in [1.807, 2.05) is 30.3 Å². The van der Waals surface area contributed by atoms with Crippen molar-refractivity contribution in [3.63, 3.8) is 0 Å². The average Bonchev–Trinajstić information content (AvgIpc) is 2.30. The molecule has 0 amide bonds. The van der Waals surface area contributed by atoms with Crippen molar-refractivity contribution in [2.75, 3.05) is 6.61 Å². The Morgan fingerprint density at radius 2 is 2.12 bits per heavy atom. The number of nitrogens with zero attached hydrogens (tertiary/aromatic N) is 2. The normalized spacial score (nSPS) is 9.50. The number of ether oxygens (including phenoxy) is 1. The number of benzene rings is 1. The fourth-order valence-electron chi connectivity index (χ4n) is 1.24. The number of Topliss-reactive ketones (excluding diaryl/α,β-unsaturated/α-hetero) is 1. The van der Waals surface area contributed by atoms with Crippen molar-refractivity contribution < 1.29 is 14.3 Å². The van der Waals surface area contributed by atoms with Crippen molar-refractivity contribution in [1.82, 2.24) is 0 Å². The minimum Gasteiger partial charge on any atom is -0.377 e. The summed E-state index contributed by atoms with van der Waals surface area (Å²) in [6.45, 7) is 1.09. The average molecular weight is 218 g/mol. The molecule has 0 fully saturated rings. The summed E-state index contributed by atoms with van der Waals surface area (Å²) in [4.78, 5) is 13.6. The number of ketones is 1. The van der Waals surface area contributed by atoms with Crippen LogP contribution < -0.4 is 0 Å². The van der Waals surface area contributed by atoms with Crippen molar-refractivity contribution in [3.05, 3.63) is 41.4 Å². The highest BCUT2D eigenvalue weighted by atomic mass is 16.5. The largest absolute Gasteiger partial charge is 0.377 e. The summed E-state index contributed by atoms with van der Waals surface area (Å²) in [5.41, 5.74) is 9.22. The van der Waals surface area contributed by atoms with Gasteiger partial charge in [-0.3, -0.25) is 4.79 Å². The van der Waals surface area contributed by atoms with E-state index in [9.17, 15) is 4.79 Å². The number of hydrogen-bond donors (Lipinski definition) is 0. The monoisotopic (exact) mass is 218 g/mol. The standard InChI is InChI=1S/C12H14N2O2/c13-14-9-12(15)7-4-8-16-10-11-5-2-1-3-6-11/h1-3,5-6,9H,4,7-8,10H2. The van der Waals surface area contributed by atoms with Crippen molar-refractivity contribution in [2.24, 2.45) is 0 Å². The van der Waals surface area contributed by atoms with Gasteiger partial charge in [0.05, 0.1) is 6.61 Å². The van der Waals surface area contributed by atoms with Crippen LogP contribution in [0.3, 0.4) is 0 Å². The quantitative estimate of drug-likeness (QED) is 0.303. The van der Waals surface area contributed by atoms with Gasteiger partial charge in [-0.2, -0.15) is 4.79 Å². The number of carbonyl (C=O) groups excluding carboxylic acids is 1. The maximum atomic E-state index is 10.9. The summed E-state index contributed by atoms with van der Waals surface area (Å²) < 4.78 is 5.39. The topological polar surface area (TPSA) is 62.7 Å². The predicted octanol–water partition coefficient (Wildman–Crippen LogP) is 1.85. The van der Waals surface area contributed by atoms with Crippen molar-refractivity contribution >= 4 is 12.0 Å². The molecule has 0 N–H and O–H groups in total. The molecule has 0 aromatic heterocycles. The Bertz CT molecular complexity index is 370. The maximum absolute atomic E-state index is 10.9.